The lowest BCUT2D eigenvalue weighted by molar-refractivity contribution is 0.0915. The second-order valence-corrected chi connectivity index (χ2v) is 5.61. The maximum absolute atomic E-state index is 12.1. The third-order valence-electron chi connectivity index (χ3n) is 3.10. The van der Waals surface area contributed by atoms with Crippen molar-refractivity contribution in [1.29, 1.82) is 0 Å². The van der Waals surface area contributed by atoms with Crippen molar-refractivity contribution < 1.29 is 9.53 Å². The van der Waals surface area contributed by atoms with E-state index in [-0.39, 0.29) is 23.2 Å². The molecule has 1 aromatic heterocycles. The number of pyridine rings is 1. The number of rotatable bonds is 3. The quantitative estimate of drug-likeness (QED) is 0.865. The summed E-state index contributed by atoms with van der Waals surface area (Å²) in [6.07, 6.45) is 4.57. The summed E-state index contributed by atoms with van der Waals surface area (Å²) < 4.78 is 6.01. The van der Waals surface area contributed by atoms with Gasteiger partial charge >= 0.3 is 0 Å². The van der Waals surface area contributed by atoms with E-state index in [1.165, 1.54) is 0 Å². The van der Waals surface area contributed by atoms with Crippen LogP contribution in [0.1, 0.15) is 29.6 Å². The Hall–Kier alpha value is -0.650. The SMILES string of the molecule is COC1CCC(NC(=O)c2cc(Br)cnc2Cl)C1. The van der Waals surface area contributed by atoms with Gasteiger partial charge in [0.1, 0.15) is 5.15 Å². The average molecular weight is 334 g/mol. The Labute approximate surface area is 119 Å². The molecule has 1 aliphatic rings. The molecule has 1 aliphatic carbocycles. The first-order chi connectivity index (χ1) is 8.60. The van der Waals surface area contributed by atoms with Gasteiger partial charge in [-0.2, -0.15) is 0 Å². The van der Waals surface area contributed by atoms with Crippen molar-refractivity contribution >= 4 is 33.4 Å². The summed E-state index contributed by atoms with van der Waals surface area (Å²) in [6.45, 7) is 0. The second-order valence-electron chi connectivity index (χ2n) is 4.33. The number of amides is 1. The van der Waals surface area contributed by atoms with E-state index >= 15 is 0 Å². The number of carbonyl (C=O) groups excluding carboxylic acids is 1. The maximum atomic E-state index is 12.1. The molecule has 0 radical (unpaired) electrons. The van der Waals surface area contributed by atoms with E-state index in [1.54, 1.807) is 19.4 Å². The van der Waals surface area contributed by atoms with Crippen molar-refractivity contribution in [2.24, 2.45) is 0 Å². The molecule has 0 aliphatic heterocycles. The molecule has 98 valence electrons. The van der Waals surface area contributed by atoms with Gasteiger partial charge in [0.15, 0.2) is 0 Å². The molecule has 1 amide bonds. The Bertz CT molecular complexity index is 456. The average Bonchev–Trinajstić information content (AvgIpc) is 2.80. The van der Waals surface area contributed by atoms with Gasteiger partial charge in [0.25, 0.3) is 5.91 Å². The number of hydrogen-bond acceptors (Lipinski definition) is 3. The van der Waals surface area contributed by atoms with Crippen LogP contribution in [0, 0.1) is 0 Å². The van der Waals surface area contributed by atoms with Crippen molar-refractivity contribution in [1.82, 2.24) is 10.3 Å². The van der Waals surface area contributed by atoms with E-state index in [0.717, 1.165) is 23.7 Å². The van der Waals surface area contributed by atoms with Gasteiger partial charge in [0.05, 0.1) is 11.7 Å². The van der Waals surface area contributed by atoms with E-state index in [1.807, 2.05) is 0 Å². The molecule has 6 heteroatoms. The fourth-order valence-corrected chi connectivity index (χ4v) is 2.65. The fraction of sp³-hybridized carbons (Fsp3) is 0.500. The van der Waals surface area contributed by atoms with Crippen molar-refractivity contribution in [3.8, 4) is 0 Å². The van der Waals surface area contributed by atoms with Gasteiger partial charge in [0, 0.05) is 23.8 Å². The lowest BCUT2D eigenvalue weighted by Gasteiger charge is -2.13. The standard InChI is InChI=1S/C12H14BrClN2O2/c1-18-9-3-2-8(5-9)16-12(17)10-4-7(13)6-15-11(10)14/h4,6,8-9H,2-3,5H2,1H3,(H,16,17). The molecule has 0 saturated heterocycles. The van der Waals surface area contributed by atoms with Crippen molar-refractivity contribution in [2.45, 2.75) is 31.4 Å². The molecule has 0 spiro atoms. The predicted octanol–water partition coefficient (Wildman–Crippen LogP) is 2.79. The highest BCUT2D eigenvalue weighted by Crippen LogP contribution is 2.23. The summed E-state index contributed by atoms with van der Waals surface area (Å²) in [5.41, 5.74) is 0.395. The molecule has 1 heterocycles. The normalized spacial score (nSPS) is 23.1. The first-order valence-corrected chi connectivity index (χ1v) is 6.92. The Morgan fingerprint density at radius 2 is 2.39 bits per heavy atom. The molecule has 1 aromatic rings. The number of nitrogens with zero attached hydrogens (tertiary/aromatic N) is 1. The summed E-state index contributed by atoms with van der Waals surface area (Å²) >= 11 is 9.19. The molecule has 1 N–H and O–H groups in total. The highest BCUT2D eigenvalue weighted by Gasteiger charge is 2.26. The van der Waals surface area contributed by atoms with Gasteiger partial charge in [-0.1, -0.05) is 11.6 Å². The minimum atomic E-state index is -0.185. The Morgan fingerprint density at radius 3 is 3.06 bits per heavy atom. The van der Waals surface area contributed by atoms with Crippen LogP contribution in [-0.2, 0) is 4.74 Å². The van der Waals surface area contributed by atoms with Crippen LogP contribution in [0.4, 0.5) is 0 Å². The summed E-state index contributed by atoms with van der Waals surface area (Å²) in [4.78, 5) is 16.0. The van der Waals surface area contributed by atoms with Crippen molar-refractivity contribution in [3.05, 3.63) is 27.5 Å². The van der Waals surface area contributed by atoms with Crippen LogP contribution in [0.2, 0.25) is 5.15 Å². The molecular formula is C12H14BrClN2O2. The third kappa shape index (κ3) is 3.22. The van der Waals surface area contributed by atoms with Gasteiger partial charge in [-0.05, 0) is 41.3 Å². The topological polar surface area (TPSA) is 51.2 Å². The summed E-state index contributed by atoms with van der Waals surface area (Å²) in [7, 11) is 1.70. The monoisotopic (exact) mass is 332 g/mol. The molecule has 18 heavy (non-hydrogen) atoms. The molecular weight excluding hydrogens is 320 g/mol. The zero-order chi connectivity index (χ0) is 13.1. The third-order valence-corrected chi connectivity index (χ3v) is 3.84. The number of nitrogens with one attached hydrogen (secondary N) is 1. The van der Waals surface area contributed by atoms with Crippen LogP contribution in [0.15, 0.2) is 16.7 Å². The Morgan fingerprint density at radius 1 is 1.61 bits per heavy atom. The molecule has 2 atom stereocenters. The van der Waals surface area contributed by atoms with E-state index in [0.29, 0.717) is 5.56 Å². The van der Waals surface area contributed by atoms with Gasteiger partial charge in [-0.3, -0.25) is 4.79 Å². The molecule has 2 rings (SSSR count). The van der Waals surface area contributed by atoms with Gasteiger partial charge in [-0.25, -0.2) is 4.98 Å². The van der Waals surface area contributed by atoms with E-state index in [2.05, 4.69) is 26.2 Å². The minimum Gasteiger partial charge on any atom is -0.381 e. The first-order valence-electron chi connectivity index (χ1n) is 5.75. The van der Waals surface area contributed by atoms with Crippen LogP contribution < -0.4 is 5.32 Å². The molecule has 0 aromatic carbocycles. The van der Waals surface area contributed by atoms with E-state index in [4.69, 9.17) is 16.3 Å². The number of aromatic nitrogens is 1. The molecule has 0 bridgehead atoms. The first kappa shape index (κ1) is 13.8. The zero-order valence-electron chi connectivity index (χ0n) is 9.95. The summed E-state index contributed by atoms with van der Waals surface area (Å²) in [5.74, 6) is -0.185. The minimum absolute atomic E-state index is 0.150. The largest absolute Gasteiger partial charge is 0.381 e. The number of methoxy groups -OCH3 is 1. The number of carbonyl (C=O) groups is 1. The molecule has 1 fully saturated rings. The highest BCUT2D eigenvalue weighted by atomic mass is 79.9. The van der Waals surface area contributed by atoms with Crippen LogP contribution in [0.3, 0.4) is 0 Å². The molecule has 2 unspecified atom stereocenters. The Balaban J connectivity index is 2.02. The summed E-state index contributed by atoms with van der Waals surface area (Å²) in [6, 6.07) is 1.82. The van der Waals surface area contributed by atoms with Crippen LogP contribution in [0.25, 0.3) is 0 Å². The highest BCUT2D eigenvalue weighted by molar-refractivity contribution is 9.10. The smallest absolute Gasteiger partial charge is 0.254 e. The Kier molecular flexibility index (Phi) is 4.59. The number of hydrogen-bond donors (Lipinski definition) is 1. The van der Waals surface area contributed by atoms with Gasteiger partial charge < -0.3 is 10.1 Å². The number of ether oxygens (including phenoxy) is 1. The van der Waals surface area contributed by atoms with Crippen LogP contribution in [0.5, 0.6) is 0 Å². The predicted molar refractivity (Wildman–Crippen MR) is 72.8 cm³/mol. The van der Waals surface area contributed by atoms with Crippen LogP contribution in [-0.4, -0.2) is 30.1 Å². The van der Waals surface area contributed by atoms with Crippen molar-refractivity contribution in [2.75, 3.05) is 7.11 Å². The van der Waals surface area contributed by atoms with Gasteiger partial charge in [-0.15, -0.1) is 0 Å². The zero-order valence-corrected chi connectivity index (χ0v) is 12.3. The van der Waals surface area contributed by atoms with E-state index in [9.17, 15) is 4.79 Å². The lowest BCUT2D eigenvalue weighted by atomic mass is 10.2. The summed E-state index contributed by atoms with van der Waals surface area (Å²) in [5, 5.41) is 3.18. The lowest BCUT2D eigenvalue weighted by Crippen LogP contribution is -2.33. The molecule has 1 saturated carbocycles. The van der Waals surface area contributed by atoms with Crippen molar-refractivity contribution in [3.63, 3.8) is 0 Å². The van der Waals surface area contributed by atoms with E-state index < -0.39 is 0 Å². The number of halogens is 2. The second kappa shape index (κ2) is 5.99. The fourth-order valence-electron chi connectivity index (χ4n) is 2.13. The maximum Gasteiger partial charge on any atom is 0.254 e. The molecule has 4 nitrogen and oxygen atoms in total. The van der Waals surface area contributed by atoms with Gasteiger partial charge in [0.2, 0.25) is 0 Å². The van der Waals surface area contributed by atoms with Crippen LogP contribution >= 0.6 is 27.5 Å².